The standard InChI is InChI=1S/C21H24N2O2/c1-16-10-12-18(13-11-16)23-15-14-19(21(23)25)22-20(24)9-5-8-17-6-3-2-4-7-17/h2-4,6-7,10-13,19H,5,8-9,14-15H2,1H3,(H,22,24)/t19-/m1/s1. The monoisotopic (exact) mass is 336 g/mol. The smallest absolute Gasteiger partial charge is 0.249 e. The van der Waals surface area contributed by atoms with Crippen molar-refractivity contribution in [3.63, 3.8) is 0 Å². The normalized spacial score (nSPS) is 16.9. The van der Waals surface area contributed by atoms with Crippen LogP contribution in [0.15, 0.2) is 54.6 Å². The Morgan fingerprint density at radius 3 is 2.56 bits per heavy atom. The fourth-order valence-corrected chi connectivity index (χ4v) is 3.16. The predicted molar refractivity (Wildman–Crippen MR) is 99.5 cm³/mol. The molecule has 4 nitrogen and oxygen atoms in total. The van der Waals surface area contributed by atoms with Gasteiger partial charge >= 0.3 is 0 Å². The van der Waals surface area contributed by atoms with Crippen molar-refractivity contribution in [1.82, 2.24) is 5.32 Å². The van der Waals surface area contributed by atoms with E-state index in [-0.39, 0.29) is 11.8 Å². The summed E-state index contributed by atoms with van der Waals surface area (Å²) >= 11 is 0. The molecule has 0 unspecified atom stereocenters. The average Bonchev–Trinajstić information content (AvgIpc) is 2.97. The molecule has 1 aliphatic heterocycles. The van der Waals surface area contributed by atoms with E-state index < -0.39 is 6.04 Å². The van der Waals surface area contributed by atoms with Gasteiger partial charge in [0.1, 0.15) is 6.04 Å². The SMILES string of the molecule is Cc1ccc(N2CC[C@@H](NC(=O)CCCc3ccccc3)C2=O)cc1. The first-order valence-corrected chi connectivity index (χ1v) is 8.85. The number of nitrogens with one attached hydrogen (secondary N) is 1. The molecule has 0 aliphatic carbocycles. The van der Waals surface area contributed by atoms with E-state index in [0.29, 0.717) is 19.4 Å². The number of rotatable bonds is 6. The number of amides is 2. The summed E-state index contributed by atoms with van der Waals surface area (Å²) in [7, 11) is 0. The Kier molecular flexibility index (Phi) is 5.49. The van der Waals surface area contributed by atoms with Gasteiger partial charge in [-0.15, -0.1) is 0 Å². The van der Waals surface area contributed by atoms with Crippen LogP contribution in [0.25, 0.3) is 0 Å². The van der Waals surface area contributed by atoms with Crippen LogP contribution >= 0.6 is 0 Å². The van der Waals surface area contributed by atoms with Crippen molar-refractivity contribution >= 4 is 17.5 Å². The average molecular weight is 336 g/mol. The van der Waals surface area contributed by atoms with Crippen molar-refractivity contribution in [3.05, 3.63) is 65.7 Å². The van der Waals surface area contributed by atoms with Gasteiger partial charge < -0.3 is 10.2 Å². The van der Waals surface area contributed by atoms with Gasteiger partial charge in [-0.2, -0.15) is 0 Å². The Hall–Kier alpha value is -2.62. The molecule has 1 fully saturated rings. The molecular weight excluding hydrogens is 312 g/mol. The van der Waals surface area contributed by atoms with Crippen molar-refractivity contribution < 1.29 is 9.59 Å². The molecule has 3 rings (SSSR count). The summed E-state index contributed by atoms with van der Waals surface area (Å²) < 4.78 is 0. The summed E-state index contributed by atoms with van der Waals surface area (Å²) in [6.07, 6.45) is 2.78. The van der Waals surface area contributed by atoms with Gasteiger partial charge in [0.15, 0.2) is 0 Å². The van der Waals surface area contributed by atoms with Gasteiger partial charge in [0.25, 0.3) is 0 Å². The minimum absolute atomic E-state index is 0.0136. The first-order chi connectivity index (χ1) is 12.1. The molecule has 2 amide bonds. The van der Waals surface area contributed by atoms with Gasteiger partial charge in [-0.3, -0.25) is 9.59 Å². The highest BCUT2D eigenvalue weighted by molar-refractivity contribution is 6.01. The zero-order valence-electron chi connectivity index (χ0n) is 14.6. The van der Waals surface area contributed by atoms with Crippen molar-refractivity contribution in [2.45, 2.75) is 38.6 Å². The van der Waals surface area contributed by atoms with Crippen LogP contribution in [-0.2, 0) is 16.0 Å². The molecule has 1 heterocycles. The van der Waals surface area contributed by atoms with Crippen LogP contribution in [0, 0.1) is 6.92 Å². The summed E-state index contributed by atoms with van der Waals surface area (Å²) in [5.41, 5.74) is 3.30. The summed E-state index contributed by atoms with van der Waals surface area (Å²) in [6.45, 7) is 2.67. The van der Waals surface area contributed by atoms with Crippen LogP contribution in [-0.4, -0.2) is 24.4 Å². The molecule has 1 atom stereocenters. The molecule has 0 radical (unpaired) electrons. The van der Waals surface area contributed by atoms with Crippen molar-refractivity contribution in [3.8, 4) is 0 Å². The molecule has 0 bridgehead atoms. The summed E-state index contributed by atoms with van der Waals surface area (Å²) in [5, 5.41) is 2.90. The lowest BCUT2D eigenvalue weighted by Crippen LogP contribution is -2.41. The summed E-state index contributed by atoms with van der Waals surface area (Å²) in [6, 6.07) is 17.6. The number of nitrogens with zero attached hydrogens (tertiary/aromatic N) is 1. The zero-order valence-corrected chi connectivity index (χ0v) is 14.6. The maximum atomic E-state index is 12.5. The second-order valence-corrected chi connectivity index (χ2v) is 6.57. The lowest BCUT2D eigenvalue weighted by Gasteiger charge is -2.17. The molecule has 1 aliphatic rings. The second-order valence-electron chi connectivity index (χ2n) is 6.57. The first kappa shape index (κ1) is 17.2. The molecule has 2 aromatic carbocycles. The first-order valence-electron chi connectivity index (χ1n) is 8.85. The van der Waals surface area contributed by atoms with E-state index in [1.54, 1.807) is 4.90 Å². The minimum atomic E-state index is -0.398. The van der Waals surface area contributed by atoms with Gasteiger partial charge in [0.05, 0.1) is 0 Å². The molecule has 130 valence electrons. The molecule has 0 aromatic heterocycles. The van der Waals surface area contributed by atoms with E-state index in [1.165, 1.54) is 11.1 Å². The van der Waals surface area contributed by atoms with Gasteiger partial charge in [0, 0.05) is 18.7 Å². The highest BCUT2D eigenvalue weighted by Gasteiger charge is 2.33. The third-order valence-corrected chi connectivity index (χ3v) is 4.60. The molecule has 1 N–H and O–H groups in total. The van der Waals surface area contributed by atoms with E-state index in [9.17, 15) is 9.59 Å². The fraction of sp³-hybridized carbons (Fsp3) is 0.333. The van der Waals surface area contributed by atoms with E-state index in [0.717, 1.165) is 18.5 Å². The minimum Gasteiger partial charge on any atom is -0.344 e. The van der Waals surface area contributed by atoms with E-state index in [4.69, 9.17) is 0 Å². The number of aryl methyl sites for hydroxylation is 2. The Bertz CT molecular complexity index is 725. The summed E-state index contributed by atoms with van der Waals surface area (Å²) in [5.74, 6) is -0.0553. The quantitative estimate of drug-likeness (QED) is 0.880. The van der Waals surface area contributed by atoms with Crippen molar-refractivity contribution in [2.75, 3.05) is 11.4 Å². The van der Waals surface area contributed by atoms with Crippen LogP contribution in [0.2, 0.25) is 0 Å². The largest absolute Gasteiger partial charge is 0.344 e. The predicted octanol–water partition coefficient (Wildman–Crippen LogP) is 3.24. The van der Waals surface area contributed by atoms with E-state index in [1.807, 2.05) is 49.4 Å². The number of hydrogen-bond acceptors (Lipinski definition) is 2. The molecular formula is C21H24N2O2. The molecule has 25 heavy (non-hydrogen) atoms. The van der Waals surface area contributed by atoms with Gasteiger partial charge in [0.2, 0.25) is 11.8 Å². The number of hydrogen-bond donors (Lipinski definition) is 1. The third-order valence-electron chi connectivity index (χ3n) is 4.60. The van der Waals surface area contributed by atoms with E-state index in [2.05, 4.69) is 17.4 Å². The van der Waals surface area contributed by atoms with Crippen LogP contribution in [0.5, 0.6) is 0 Å². The summed E-state index contributed by atoms with van der Waals surface area (Å²) in [4.78, 5) is 26.4. The van der Waals surface area contributed by atoms with Gasteiger partial charge in [-0.25, -0.2) is 0 Å². The maximum absolute atomic E-state index is 12.5. The Morgan fingerprint density at radius 1 is 1.12 bits per heavy atom. The van der Waals surface area contributed by atoms with Crippen LogP contribution in [0.1, 0.15) is 30.4 Å². The number of carbonyl (C=O) groups is 2. The highest BCUT2D eigenvalue weighted by atomic mass is 16.2. The maximum Gasteiger partial charge on any atom is 0.249 e. The Labute approximate surface area is 148 Å². The third kappa shape index (κ3) is 4.47. The molecule has 4 heteroatoms. The Balaban J connectivity index is 1.47. The van der Waals surface area contributed by atoms with Crippen molar-refractivity contribution in [1.29, 1.82) is 0 Å². The van der Waals surface area contributed by atoms with Crippen LogP contribution in [0.4, 0.5) is 5.69 Å². The lowest BCUT2D eigenvalue weighted by molar-refractivity contribution is -0.126. The number of carbonyl (C=O) groups excluding carboxylic acids is 2. The number of anilines is 1. The fourth-order valence-electron chi connectivity index (χ4n) is 3.16. The van der Waals surface area contributed by atoms with Gasteiger partial charge in [-0.1, -0.05) is 48.0 Å². The highest BCUT2D eigenvalue weighted by Crippen LogP contribution is 2.22. The van der Waals surface area contributed by atoms with Crippen molar-refractivity contribution in [2.24, 2.45) is 0 Å². The second kappa shape index (κ2) is 7.97. The molecule has 0 spiro atoms. The Morgan fingerprint density at radius 2 is 1.84 bits per heavy atom. The van der Waals surface area contributed by atoms with Gasteiger partial charge in [-0.05, 0) is 43.9 Å². The van der Waals surface area contributed by atoms with Crippen LogP contribution < -0.4 is 10.2 Å². The van der Waals surface area contributed by atoms with E-state index >= 15 is 0 Å². The molecule has 2 aromatic rings. The molecule has 1 saturated heterocycles. The molecule has 0 saturated carbocycles. The van der Waals surface area contributed by atoms with Crippen LogP contribution in [0.3, 0.4) is 0 Å². The lowest BCUT2D eigenvalue weighted by atomic mass is 10.1. The zero-order chi connectivity index (χ0) is 17.6. The number of benzene rings is 2. The topological polar surface area (TPSA) is 49.4 Å².